The molecule has 0 saturated heterocycles. The highest BCUT2D eigenvalue weighted by atomic mass is 32.2. The molecule has 186 valence electrons. The first-order valence-electron chi connectivity index (χ1n) is 10.9. The van der Waals surface area contributed by atoms with Gasteiger partial charge >= 0.3 is 0 Å². The highest BCUT2D eigenvalue weighted by Gasteiger charge is 2.21. The predicted octanol–water partition coefficient (Wildman–Crippen LogP) is 4.90. The lowest BCUT2D eigenvalue weighted by atomic mass is 10.1. The molecule has 10 heteroatoms. The Kier molecular flexibility index (Phi) is 7.68. The van der Waals surface area contributed by atoms with E-state index in [1.165, 1.54) is 47.0 Å². The number of anilines is 1. The molecule has 8 nitrogen and oxygen atoms in total. The molecule has 0 radical (unpaired) electrons. The lowest BCUT2D eigenvalue weighted by Gasteiger charge is -2.17. The Hall–Kier alpha value is -3.73. The van der Waals surface area contributed by atoms with Gasteiger partial charge in [0, 0.05) is 36.2 Å². The van der Waals surface area contributed by atoms with E-state index in [0.717, 1.165) is 11.1 Å². The molecule has 0 atom stereocenters. The summed E-state index contributed by atoms with van der Waals surface area (Å²) in [4.78, 5) is 17.4. The van der Waals surface area contributed by atoms with Gasteiger partial charge in [0.15, 0.2) is 5.13 Å². The van der Waals surface area contributed by atoms with E-state index in [1.807, 2.05) is 47.8 Å². The van der Waals surface area contributed by atoms with Gasteiger partial charge in [-0.3, -0.25) is 10.1 Å². The first-order valence-corrected chi connectivity index (χ1v) is 13.2. The number of amides is 1. The monoisotopic (exact) mass is 523 g/mol. The van der Waals surface area contributed by atoms with Gasteiger partial charge in [0.05, 0.1) is 24.8 Å². The van der Waals surface area contributed by atoms with Gasteiger partial charge in [0.2, 0.25) is 10.0 Å². The largest absolute Gasteiger partial charge is 0.497 e. The van der Waals surface area contributed by atoms with E-state index >= 15 is 0 Å². The highest BCUT2D eigenvalue weighted by Crippen LogP contribution is 2.35. The van der Waals surface area contributed by atoms with Crippen LogP contribution in [0.25, 0.3) is 11.3 Å². The Bertz CT molecular complexity index is 1450. The Morgan fingerprint density at radius 3 is 2.39 bits per heavy atom. The molecule has 4 aromatic rings. The van der Waals surface area contributed by atoms with Crippen LogP contribution in [0, 0.1) is 0 Å². The standard InChI is InChI=1S/C26H25N3O5S2/c1-29(16-18-7-5-4-6-8-18)36(31,32)21-12-9-19(10-13-21)25(30)28-26-27-23(17-35-26)22-14-11-20(33-2)15-24(22)34-3/h4-15,17H,16H2,1-3H3,(H,27,28,30). The van der Waals surface area contributed by atoms with E-state index < -0.39 is 10.0 Å². The molecule has 3 aromatic carbocycles. The molecular formula is C26H25N3O5S2. The van der Waals surface area contributed by atoms with Gasteiger partial charge < -0.3 is 9.47 Å². The van der Waals surface area contributed by atoms with Crippen molar-refractivity contribution in [2.24, 2.45) is 0 Å². The number of thiazole rings is 1. The van der Waals surface area contributed by atoms with Crippen molar-refractivity contribution in [1.82, 2.24) is 9.29 Å². The summed E-state index contributed by atoms with van der Waals surface area (Å²) < 4.78 is 37.8. The van der Waals surface area contributed by atoms with Crippen LogP contribution in [0.4, 0.5) is 5.13 Å². The van der Waals surface area contributed by atoms with Crippen LogP contribution in [0.5, 0.6) is 11.5 Å². The SMILES string of the molecule is COc1ccc(-c2csc(NC(=O)c3ccc(S(=O)(=O)N(C)Cc4ccccc4)cc3)n2)c(OC)c1. The van der Waals surface area contributed by atoms with E-state index in [0.29, 0.717) is 27.9 Å². The van der Waals surface area contributed by atoms with Crippen LogP contribution < -0.4 is 14.8 Å². The van der Waals surface area contributed by atoms with Crippen molar-refractivity contribution in [2.75, 3.05) is 26.6 Å². The average molecular weight is 524 g/mol. The number of aromatic nitrogens is 1. The van der Waals surface area contributed by atoms with Crippen molar-refractivity contribution in [3.8, 4) is 22.8 Å². The fraction of sp³-hybridized carbons (Fsp3) is 0.154. The van der Waals surface area contributed by atoms with E-state index in [9.17, 15) is 13.2 Å². The van der Waals surface area contributed by atoms with Crippen LogP contribution in [-0.2, 0) is 16.6 Å². The van der Waals surface area contributed by atoms with Crippen molar-refractivity contribution in [1.29, 1.82) is 0 Å². The maximum absolute atomic E-state index is 12.9. The van der Waals surface area contributed by atoms with Gasteiger partial charge in [0.25, 0.3) is 5.91 Å². The third kappa shape index (κ3) is 5.56. The molecule has 0 fully saturated rings. The summed E-state index contributed by atoms with van der Waals surface area (Å²) in [5.74, 6) is 0.877. The quantitative estimate of drug-likeness (QED) is 0.335. The molecular weight excluding hydrogens is 498 g/mol. The van der Waals surface area contributed by atoms with Crippen molar-refractivity contribution in [2.45, 2.75) is 11.4 Å². The summed E-state index contributed by atoms with van der Waals surface area (Å²) in [7, 11) is 0.967. The van der Waals surface area contributed by atoms with E-state index in [-0.39, 0.29) is 17.3 Å². The molecule has 1 N–H and O–H groups in total. The summed E-state index contributed by atoms with van der Waals surface area (Å²) in [6.45, 7) is 0.247. The topological polar surface area (TPSA) is 97.8 Å². The van der Waals surface area contributed by atoms with Crippen LogP contribution in [0.15, 0.2) is 83.1 Å². The Morgan fingerprint density at radius 1 is 1.00 bits per heavy atom. The first-order chi connectivity index (χ1) is 17.3. The molecule has 4 rings (SSSR count). The Balaban J connectivity index is 1.45. The van der Waals surface area contributed by atoms with Gasteiger partial charge in [0.1, 0.15) is 11.5 Å². The number of benzene rings is 3. The molecule has 1 heterocycles. The van der Waals surface area contributed by atoms with E-state index in [4.69, 9.17) is 9.47 Å². The van der Waals surface area contributed by atoms with E-state index in [2.05, 4.69) is 10.3 Å². The van der Waals surface area contributed by atoms with Gasteiger partial charge in [-0.05, 0) is 42.0 Å². The fourth-order valence-electron chi connectivity index (χ4n) is 3.52. The fourth-order valence-corrected chi connectivity index (χ4v) is 5.38. The summed E-state index contributed by atoms with van der Waals surface area (Å²) in [6, 6.07) is 20.6. The minimum Gasteiger partial charge on any atom is -0.497 e. The van der Waals surface area contributed by atoms with E-state index in [1.54, 1.807) is 20.3 Å². The number of carbonyl (C=O) groups is 1. The third-order valence-corrected chi connectivity index (χ3v) is 8.06. The molecule has 0 bridgehead atoms. The van der Waals surface area contributed by atoms with Gasteiger partial charge in [-0.25, -0.2) is 13.4 Å². The summed E-state index contributed by atoms with van der Waals surface area (Å²) in [5, 5.41) is 4.99. The van der Waals surface area contributed by atoms with Crippen LogP contribution in [0.2, 0.25) is 0 Å². The lowest BCUT2D eigenvalue weighted by Crippen LogP contribution is -2.26. The maximum atomic E-state index is 12.9. The van der Waals surface area contributed by atoms with Gasteiger partial charge in [-0.15, -0.1) is 11.3 Å². The van der Waals surface area contributed by atoms with Gasteiger partial charge in [-0.2, -0.15) is 4.31 Å². The minimum atomic E-state index is -3.71. The molecule has 0 aliphatic heterocycles. The van der Waals surface area contributed by atoms with Crippen molar-refractivity contribution in [3.63, 3.8) is 0 Å². The Morgan fingerprint density at radius 2 is 1.72 bits per heavy atom. The predicted molar refractivity (Wildman–Crippen MR) is 140 cm³/mol. The summed E-state index contributed by atoms with van der Waals surface area (Å²) >= 11 is 1.28. The van der Waals surface area contributed by atoms with Crippen molar-refractivity contribution < 1.29 is 22.7 Å². The number of methoxy groups -OCH3 is 2. The Labute approximate surface area is 214 Å². The summed E-state index contributed by atoms with van der Waals surface area (Å²) in [5.41, 5.74) is 2.62. The molecule has 0 spiro atoms. The minimum absolute atomic E-state index is 0.112. The maximum Gasteiger partial charge on any atom is 0.257 e. The second-order valence-corrected chi connectivity index (χ2v) is 10.7. The summed E-state index contributed by atoms with van der Waals surface area (Å²) in [6.07, 6.45) is 0. The highest BCUT2D eigenvalue weighted by molar-refractivity contribution is 7.89. The van der Waals surface area contributed by atoms with Crippen molar-refractivity contribution >= 4 is 32.4 Å². The van der Waals surface area contributed by atoms with Crippen LogP contribution in [0.1, 0.15) is 15.9 Å². The first kappa shape index (κ1) is 25.4. The zero-order valence-corrected chi connectivity index (χ0v) is 21.6. The third-order valence-electron chi connectivity index (χ3n) is 5.48. The number of ether oxygens (including phenoxy) is 2. The van der Waals surface area contributed by atoms with Crippen LogP contribution in [0.3, 0.4) is 0 Å². The van der Waals surface area contributed by atoms with Gasteiger partial charge in [-0.1, -0.05) is 30.3 Å². The number of carbonyl (C=O) groups excluding carboxylic acids is 1. The number of nitrogens with zero attached hydrogens (tertiary/aromatic N) is 2. The second kappa shape index (κ2) is 10.9. The number of nitrogens with one attached hydrogen (secondary N) is 1. The average Bonchev–Trinajstić information content (AvgIpc) is 3.37. The van der Waals surface area contributed by atoms with Crippen LogP contribution >= 0.6 is 11.3 Å². The second-order valence-electron chi connectivity index (χ2n) is 7.83. The number of rotatable bonds is 9. The van der Waals surface area contributed by atoms with Crippen LogP contribution in [-0.4, -0.2) is 44.9 Å². The molecule has 1 aromatic heterocycles. The van der Waals surface area contributed by atoms with Crippen molar-refractivity contribution in [3.05, 3.63) is 89.3 Å². The smallest absolute Gasteiger partial charge is 0.257 e. The normalized spacial score (nSPS) is 11.3. The number of hydrogen-bond acceptors (Lipinski definition) is 7. The zero-order chi connectivity index (χ0) is 25.7. The lowest BCUT2D eigenvalue weighted by molar-refractivity contribution is 0.102. The molecule has 0 aliphatic rings. The molecule has 0 saturated carbocycles. The molecule has 1 amide bonds. The zero-order valence-electron chi connectivity index (χ0n) is 20.0. The number of hydrogen-bond donors (Lipinski definition) is 1. The molecule has 0 unspecified atom stereocenters. The number of sulfonamides is 1. The molecule has 0 aliphatic carbocycles. The molecule has 36 heavy (non-hydrogen) atoms.